The summed E-state index contributed by atoms with van der Waals surface area (Å²) in [6, 6.07) is 79.4. The molecule has 5 fully saturated rings. The third-order valence-corrected chi connectivity index (χ3v) is 19.7. The minimum atomic E-state index is 0.185. The zero-order chi connectivity index (χ0) is 46.4. The molecule has 0 saturated heterocycles. The van der Waals surface area contributed by atoms with E-state index in [1.54, 1.807) is 11.1 Å². The summed E-state index contributed by atoms with van der Waals surface area (Å²) in [5.74, 6) is 4.10. The normalized spacial score (nSPS) is 24.5. The molecule has 6 aliphatic carbocycles. The van der Waals surface area contributed by atoms with Gasteiger partial charge in [-0.1, -0.05) is 195 Å². The van der Waals surface area contributed by atoms with Crippen molar-refractivity contribution in [3.63, 3.8) is 0 Å². The SMILES string of the molecule is c1ccc(N(c2ccc(-c3ccc4c(c3)C3(c5ccccc5-4)C4CC5CC6CC3C64C5)cc2)c2ccccc2-c2cccc3cccc(C4CCCCC4)c23)c(-c2cccc3c2ccc2ccccc23)c1. The van der Waals surface area contributed by atoms with E-state index < -0.39 is 0 Å². The first kappa shape index (κ1) is 40.5. The summed E-state index contributed by atoms with van der Waals surface area (Å²) in [4.78, 5) is 2.57. The maximum atomic E-state index is 2.65. The molecule has 0 heterocycles. The van der Waals surface area contributed by atoms with Crippen LogP contribution in [-0.2, 0) is 5.41 Å². The maximum absolute atomic E-state index is 2.65. The van der Waals surface area contributed by atoms with Crippen molar-refractivity contribution in [2.24, 2.45) is 29.1 Å². The van der Waals surface area contributed by atoms with Crippen LogP contribution in [0.25, 0.3) is 76.8 Å². The molecule has 2 spiro atoms. The van der Waals surface area contributed by atoms with E-state index in [9.17, 15) is 0 Å². The van der Waals surface area contributed by atoms with E-state index in [4.69, 9.17) is 0 Å². The monoisotopic (exact) mass is 911 g/mol. The van der Waals surface area contributed by atoms with Crippen molar-refractivity contribution < 1.29 is 0 Å². The highest BCUT2D eigenvalue weighted by molar-refractivity contribution is 6.13. The Morgan fingerprint density at radius 3 is 1.87 bits per heavy atom. The molecular weight excluding hydrogens is 855 g/mol. The molecule has 2 bridgehead atoms. The van der Waals surface area contributed by atoms with E-state index in [-0.39, 0.29) is 5.41 Å². The Bertz CT molecular complexity index is 3810. The fourth-order valence-electron chi connectivity index (χ4n) is 17.1. The molecular formula is C70H57N. The highest BCUT2D eigenvalue weighted by Gasteiger charge is 2.84. The quantitative estimate of drug-likeness (QED) is 0.144. The number of rotatable bonds is 7. The standard InChI is InChI=1S/C70H57N/c1-2-15-46(16-3-1)53-24-12-18-48-19-13-27-61(68(48)53)60-23-8-11-30-65(60)71(64-29-10-7-22-59(64)55-26-14-25-54-52-20-5-4-17-47(52)33-37-56(54)55)51-35-31-45(32-36-51)49-34-38-58-57-21-6-9-28-62(57)70(63(58)41-49)66-40-44-39-50-42-67(70)69(50,66)43-44/h4-14,17-38,41,44,46,50,66-67H,1-3,15-16,39-40,42-43H2. The topological polar surface area (TPSA) is 3.24 Å². The van der Waals surface area contributed by atoms with Crippen LogP contribution in [0.1, 0.15) is 80.4 Å². The van der Waals surface area contributed by atoms with Gasteiger partial charge in [0.15, 0.2) is 0 Å². The average Bonchev–Trinajstić information content (AvgIpc) is 4.09. The third kappa shape index (κ3) is 5.48. The van der Waals surface area contributed by atoms with Crippen LogP contribution in [0.5, 0.6) is 0 Å². The largest absolute Gasteiger partial charge is 0.309 e. The molecule has 0 amide bonds. The molecule has 6 unspecified atom stereocenters. The predicted octanol–water partition coefficient (Wildman–Crippen LogP) is 19.0. The van der Waals surface area contributed by atoms with Crippen molar-refractivity contribution >= 4 is 49.4 Å². The van der Waals surface area contributed by atoms with Gasteiger partial charge in [0.2, 0.25) is 0 Å². The van der Waals surface area contributed by atoms with Gasteiger partial charge in [-0.15, -0.1) is 0 Å². The first-order valence-electron chi connectivity index (χ1n) is 26.9. The Balaban J connectivity index is 0.870. The van der Waals surface area contributed by atoms with Crippen molar-refractivity contribution in [2.75, 3.05) is 4.90 Å². The minimum absolute atomic E-state index is 0.185. The number of hydrogen-bond acceptors (Lipinski definition) is 1. The number of nitrogens with zero attached hydrogens (tertiary/aromatic N) is 1. The van der Waals surface area contributed by atoms with Crippen LogP contribution in [0.15, 0.2) is 206 Å². The van der Waals surface area contributed by atoms with E-state index in [2.05, 4.69) is 211 Å². The fourth-order valence-corrected chi connectivity index (χ4v) is 17.1. The molecule has 0 aliphatic heterocycles. The van der Waals surface area contributed by atoms with E-state index in [1.165, 1.54) is 152 Å². The molecule has 0 radical (unpaired) electrons. The molecule has 0 aromatic heterocycles. The van der Waals surface area contributed by atoms with Gasteiger partial charge in [0.1, 0.15) is 0 Å². The summed E-state index contributed by atoms with van der Waals surface area (Å²) in [5, 5.41) is 7.85. The van der Waals surface area contributed by atoms with Crippen LogP contribution in [0.2, 0.25) is 0 Å². The summed E-state index contributed by atoms with van der Waals surface area (Å²) in [6.45, 7) is 0. The Labute approximate surface area is 417 Å². The molecule has 10 aromatic rings. The highest BCUT2D eigenvalue weighted by atomic mass is 15.1. The molecule has 0 N–H and O–H groups in total. The molecule has 342 valence electrons. The van der Waals surface area contributed by atoms with Crippen LogP contribution < -0.4 is 4.90 Å². The Kier molecular flexibility index (Phi) is 8.64. The number of benzene rings is 10. The van der Waals surface area contributed by atoms with Crippen molar-refractivity contribution in [3.8, 4) is 44.5 Å². The molecule has 6 atom stereocenters. The van der Waals surface area contributed by atoms with E-state index >= 15 is 0 Å². The number of fused-ring (bicyclic) bond motifs is 12. The second kappa shape index (κ2) is 15.1. The minimum Gasteiger partial charge on any atom is -0.309 e. The van der Waals surface area contributed by atoms with Crippen LogP contribution in [-0.4, -0.2) is 0 Å². The lowest BCUT2D eigenvalue weighted by Gasteiger charge is -2.76. The van der Waals surface area contributed by atoms with Gasteiger partial charge in [0.05, 0.1) is 11.4 Å². The van der Waals surface area contributed by atoms with Crippen molar-refractivity contribution in [3.05, 3.63) is 223 Å². The highest BCUT2D eigenvalue weighted by Crippen LogP contribution is 2.89. The molecule has 71 heavy (non-hydrogen) atoms. The Morgan fingerprint density at radius 1 is 0.408 bits per heavy atom. The number of anilines is 3. The molecule has 10 aromatic carbocycles. The Morgan fingerprint density at radius 2 is 1.04 bits per heavy atom. The zero-order valence-electron chi connectivity index (χ0n) is 40.3. The molecule has 1 nitrogen and oxygen atoms in total. The number of hydrogen-bond donors (Lipinski definition) is 0. The smallest absolute Gasteiger partial charge is 0.0540 e. The van der Waals surface area contributed by atoms with Crippen molar-refractivity contribution in [1.29, 1.82) is 0 Å². The van der Waals surface area contributed by atoms with Gasteiger partial charge >= 0.3 is 0 Å². The van der Waals surface area contributed by atoms with Gasteiger partial charge in [0.25, 0.3) is 0 Å². The van der Waals surface area contributed by atoms with E-state index in [0.717, 1.165) is 29.4 Å². The van der Waals surface area contributed by atoms with Gasteiger partial charge in [-0.3, -0.25) is 0 Å². The summed E-state index contributed by atoms with van der Waals surface area (Å²) < 4.78 is 0. The maximum Gasteiger partial charge on any atom is 0.0540 e. The van der Waals surface area contributed by atoms with Crippen LogP contribution in [0, 0.1) is 29.1 Å². The van der Waals surface area contributed by atoms with Gasteiger partial charge in [-0.2, -0.15) is 0 Å². The lowest BCUT2D eigenvalue weighted by molar-refractivity contribution is -0.231. The van der Waals surface area contributed by atoms with Gasteiger partial charge in [0, 0.05) is 22.2 Å². The van der Waals surface area contributed by atoms with Gasteiger partial charge in [-0.25, -0.2) is 0 Å². The molecule has 5 saturated carbocycles. The van der Waals surface area contributed by atoms with Crippen LogP contribution in [0.3, 0.4) is 0 Å². The summed E-state index contributed by atoms with van der Waals surface area (Å²) in [5.41, 5.74) is 19.7. The zero-order valence-corrected chi connectivity index (χ0v) is 40.3. The van der Waals surface area contributed by atoms with Crippen LogP contribution in [0.4, 0.5) is 17.1 Å². The Hall–Kier alpha value is -7.22. The third-order valence-electron chi connectivity index (χ3n) is 19.7. The van der Waals surface area contributed by atoms with Crippen molar-refractivity contribution in [2.45, 2.75) is 69.1 Å². The van der Waals surface area contributed by atoms with E-state index in [0.29, 0.717) is 11.3 Å². The molecule has 6 aliphatic rings. The van der Waals surface area contributed by atoms with Gasteiger partial charge < -0.3 is 4.90 Å². The lowest BCUT2D eigenvalue weighted by atomic mass is 9.27. The second-order valence-electron chi connectivity index (χ2n) is 22.6. The predicted molar refractivity (Wildman–Crippen MR) is 297 cm³/mol. The second-order valence-corrected chi connectivity index (χ2v) is 22.6. The number of para-hydroxylation sites is 2. The first-order chi connectivity index (χ1) is 35.2. The molecule has 1 heteroatoms. The lowest BCUT2D eigenvalue weighted by Crippen LogP contribution is -2.73. The fraction of sp³-hybridized carbons (Fsp3) is 0.229. The summed E-state index contributed by atoms with van der Waals surface area (Å²) in [7, 11) is 0. The summed E-state index contributed by atoms with van der Waals surface area (Å²) >= 11 is 0. The van der Waals surface area contributed by atoms with E-state index in [1.807, 2.05) is 0 Å². The first-order valence-corrected chi connectivity index (χ1v) is 26.9. The van der Waals surface area contributed by atoms with Crippen LogP contribution >= 0.6 is 0 Å². The van der Waals surface area contributed by atoms with Gasteiger partial charge in [-0.05, 0) is 186 Å². The average molecular weight is 912 g/mol. The molecule has 16 rings (SSSR count). The summed E-state index contributed by atoms with van der Waals surface area (Å²) in [6.07, 6.45) is 12.3. The van der Waals surface area contributed by atoms with Crippen molar-refractivity contribution in [1.82, 2.24) is 0 Å².